The van der Waals surface area contributed by atoms with Crippen LogP contribution < -0.4 is 21.5 Å². The Morgan fingerprint density at radius 1 is 1.27 bits per heavy atom. The van der Waals surface area contributed by atoms with Crippen LogP contribution in [0.1, 0.15) is 42.1 Å². The Hall–Kier alpha value is -3.44. The first-order valence-electron chi connectivity index (χ1n) is 11.1. The number of fused-ring (bicyclic) bond motifs is 1. The molecule has 3 aromatic rings. The van der Waals surface area contributed by atoms with Gasteiger partial charge < -0.3 is 30.4 Å². The number of hydrogen-bond donors (Lipinski definition) is 4. The molecule has 0 bridgehead atoms. The lowest BCUT2D eigenvalue weighted by Gasteiger charge is -2.35. The van der Waals surface area contributed by atoms with E-state index in [9.17, 15) is 14.7 Å². The molecule has 33 heavy (non-hydrogen) atoms. The number of aliphatic hydroxyl groups is 1. The normalized spacial score (nSPS) is 24.1. The molecule has 11 nitrogen and oxygen atoms in total. The number of rotatable bonds is 7. The highest BCUT2D eigenvalue weighted by atomic mass is 16.5. The smallest absolute Gasteiger partial charge is 0.274 e. The maximum atomic E-state index is 13.0. The lowest BCUT2D eigenvalue weighted by atomic mass is 9.89. The van der Waals surface area contributed by atoms with Gasteiger partial charge in [-0.15, -0.1) is 0 Å². The number of pyridine rings is 1. The van der Waals surface area contributed by atoms with E-state index in [1.54, 1.807) is 47.6 Å². The minimum atomic E-state index is -0.510. The fourth-order valence-corrected chi connectivity index (χ4v) is 4.32. The van der Waals surface area contributed by atoms with Crippen LogP contribution in [0.5, 0.6) is 0 Å². The number of nitrogens with zero attached hydrogens (tertiary/aromatic N) is 4. The van der Waals surface area contributed by atoms with Crippen LogP contribution in [0.25, 0.3) is 5.65 Å². The summed E-state index contributed by atoms with van der Waals surface area (Å²) in [5, 5.41) is 23.4. The Kier molecular flexibility index (Phi) is 5.51. The van der Waals surface area contributed by atoms with Gasteiger partial charge in [-0.3, -0.25) is 9.59 Å². The highest BCUT2D eigenvalue weighted by molar-refractivity contribution is 6.00. The first-order chi connectivity index (χ1) is 16.0. The molecule has 3 heterocycles. The van der Waals surface area contributed by atoms with Crippen molar-refractivity contribution in [2.75, 3.05) is 24.8 Å². The highest BCUT2D eigenvalue weighted by Crippen LogP contribution is 2.31. The third-order valence-electron chi connectivity index (χ3n) is 6.60. The summed E-state index contributed by atoms with van der Waals surface area (Å²) >= 11 is 0. The van der Waals surface area contributed by atoms with Crippen LogP contribution in [0.15, 0.2) is 35.4 Å². The molecule has 11 heteroatoms. The second kappa shape index (κ2) is 8.49. The molecule has 0 aromatic carbocycles. The summed E-state index contributed by atoms with van der Waals surface area (Å²) in [6, 6.07) is 4.89. The summed E-state index contributed by atoms with van der Waals surface area (Å²) in [5.41, 5.74) is 0.787. The van der Waals surface area contributed by atoms with E-state index in [1.165, 1.54) is 6.20 Å². The molecule has 0 spiro atoms. The van der Waals surface area contributed by atoms with Crippen LogP contribution in [0.2, 0.25) is 0 Å². The monoisotopic (exact) mass is 453 g/mol. The van der Waals surface area contributed by atoms with Crippen molar-refractivity contribution in [3.8, 4) is 0 Å². The molecule has 2 saturated carbocycles. The SMILES string of the molecule is CNc1cc(Nc2cccn([C@@H]3CC[C@@H]3O)c2=O)nc2c(C(=O)N[C@@H]3CC[C@H]3OC)cnn12. The lowest BCUT2D eigenvalue weighted by molar-refractivity contribution is 0.00732. The summed E-state index contributed by atoms with van der Waals surface area (Å²) in [5.74, 6) is 0.721. The number of carbonyl (C=O) groups excluding carboxylic acids is 1. The summed E-state index contributed by atoms with van der Waals surface area (Å²) in [6.07, 6.45) is 5.90. The van der Waals surface area contributed by atoms with Gasteiger partial charge in [-0.05, 0) is 37.8 Å². The van der Waals surface area contributed by atoms with Crippen molar-refractivity contribution in [1.29, 1.82) is 0 Å². The van der Waals surface area contributed by atoms with Gasteiger partial charge in [-0.25, -0.2) is 4.98 Å². The van der Waals surface area contributed by atoms with Crippen molar-refractivity contribution in [1.82, 2.24) is 24.5 Å². The van der Waals surface area contributed by atoms with Crippen molar-refractivity contribution < 1.29 is 14.6 Å². The predicted octanol–water partition coefficient (Wildman–Crippen LogP) is 1.28. The molecule has 0 radical (unpaired) electrons. The Balaban J connectivity index is 1.46. The minimum absolute atomic E-state index is 0.0169. The first kappa shape index (κ1) is 21.4. The second-order valence-electron chi connectivity index (χ2n) is 8.47. The van der Waals surface area contributed by atoms with Crippen molar-refractivity contribution >= 4 is 28.9 Å². The summed E-state index contributed by atoms with van der Waals surface area (Å²) in [6.45, 7) is 0. The number of aromatic nitrogens is 4. The zero-order chi connectivity index (χ0) is 23.1. The molecule has 2 fully saturated rings. The number of aliphatic hydroxyl groups excluding tert-OH is 1. The van der Waals surface area contributed by atoms with Gasteiger partial charge in [0.15, 0.2) is 5.65 Å². The molecule has 0 saturated heterocycles. The number of ether oxygens (including phenoxy) is 1. The van der Waals surface area contributed by atoms with Crippen LogP contribution in [0, 0.1) is 0 Å². The summed E-state index contributed by atoms with van der Waals surface area (Å²) < 4.78 is 8.46. The van der Waals surface area contributed by atoms with Crippen LogP contribution >= 0.6 is 0 Å². The maximum Gasteiger partial charge on any atom is 0.274 e. The van der Waals surface area contributed by atoms with Gasteiger partial charge in [-0.2, -0.15) is 9.61 Å². The number of nitrogens with one attached hydrogen (secondary N) is 3. The van der Waals surface area contributed by atoms with E-state index in [-0.39, 0.29) is 29.7 Å². The van der Waals surface area contributed by atoms with E-state index in [0.29, 0.717) is 35.0 Å². The maximum absolute atomic E-state index is 13.0. The fraction of sp³-hybridized carbons (Fsp3) is 0.455. The van der Waals surface area contributed by atoms with Crippen molar-refractivity contribution in [2.45, 2.75) is 50.0 Å². The summed E-state index contributed by atoms with van der Waals surface area (Å²) in [4.78, 5) is 30.5. The van der Waals surface area contributed by atoms with Gasteiger partial charge in [0.2, 0.25) is 0 Å². The summed E-state index contributed by atoms with van der Waals surface area (Å²) in [7, 11) is 3.38. The first-order valence-corrected chi connectivity index (χ1v) is 11.1. The van der Waals surface area contributed by atoms with Crippen molar-refractivity contribution in [3.63, 3.8) is 0 Å². The molecular weight excluding hydrogens is 426 g/mol. The van der Waals surface area contributed by atoms with E-state index in [1.807, 2.05) is 0 Å². The molecule has 0 unspecified atom stereocenters. The van der Waals surface area contributed by atoms with E-state index in [2.05, 4.69) is 26.0 Å². The van der Waals surface area contributed by atoms with Crippen LogP contribution in [-0.2, 0) is 4.74 Å². The van der Waals surface area contributed by atoms with Crippen LogP contribution in [0.3, 0.4) is 0 Å². The van der Waals surface area contributed by atoms with Gasteiger partial charge in [0.1, 0.15) is 22.9 Å². The van der Waals surface area contributed by atoms with E-state index in [4.69, 9.17) is 4.74 Å². The average molecular weight is 454 g/mol. The van der Waals surface area contributed by atoms with Crippen molar-refractivity contribution in [3.05, 3.63) is 46.5 Å². The van der Waals surface area contributed by atoms with Gasteiger partial charge in [0.25, 0.3) is 11.5 Å². The number of hydrogen-bond acceptors (Lipinski definition) is 8. The molecule has 3 aromatic heterocycles. The molecule has 2 aliphatic rings. The van der Waals surface area contributed by atoms with E-state index in [0.717, 1.165) is 19.3 Å². The van der Waals surface area contributed by atoms with E-state index < -0.39 is 6.10 Å². The highest BCUT2D eigenvalue weighted by Gasteiger charge is 2.33. The van der Waals surface area contributed by atoms with Crippen LogP contribution in [0.4, 0.5) is 17.3 Å². The molecule has 1 amide bonds. The molecule has 4 atom stereocenters. The van der Waals surface area contributed by atoms with E-state index >= 15 is 0 Å². The molecule has 2 aliphatic carbocycles. The number of anilines is 3. The Bertz CT molecular complexity index is 1250. The standard InChI is InChI=1S/C22H27N7O4/c1-23-19-10-18(25-14-4-3-9-28(22(14)32)15-6-7-16(15)30)27-20-12(11-24-29(19)20)21(31)26-13-5-8-17(13)33-2/h3-4,9-11,13,15-17,23,30H,5-8H2,1-2H3,(H,25,27)(H,26,31)/t13-,15-,16+,17-/m1/s1. The number of methoxy groups -OCH3 is 1. The predicted molar refractivity (Wildman–Crippen MR) is 122 cm³/mol. The topological polar surface area (TPSA) is 135 Å². The minimum Gasteiger partial charge on any atom is -0.391 e. The largest absolute Gasteiger partial charge is 0.391 e. The van der Waals surface area contributed by atoms with Gasteiger partial charge in [0.05, 0.1) is 30.5 Å². The molecular formula is C22H27N7O4. The zero-order valence-electron chi connectivity index (χ0n) is 18.5. The Labute approximate surface area is 189 Å². The lowest BCUT2D eigenvalue weighted by Crippen LogP contribution is -2.51. The average Bonchev–Trinajstić information content (AvgIpc) is 3.22. The third kappa shape index (κ3) is 3.72. The second-order valence-corrected chi connectivity index (χ2v) is 8.47. The molecule has 0 aliphatic heterocycles. The molecule has 4 N–H and O–H groups in total. The Morgan fingerprint density at radius 2 is 2.12 bits per heavy atom. The number of amides is 1. The molecule has 174 valence electrons. The quantitative estimate of drug-likeness (QED) is 0.420. The fourth-order valence-electron chi connectivity index (χ4n) is 4.32. The van der Waals surface area contributed by atoms with Gasteiger partial charge in [0, 0.05) is 26.4 Å². The van der Waals surface area contributed by atoms with Gasteiger partial charge >= 0.3 is 0 Å². The Morgan fingerprint density at radius 3 is 2.76 bits per heavy atom. The van der Waals surface area contributed by atoms with Crippen LogP contribution in [-0.4, -0.2) is 62.6 Å². The number of carbonyl (C=O) groups is 1. The third-order valence-corrected chi connectivity index (χ3v) is 6.60. The van der Waals surface area contributed by atoms with Crippen molar-refractivity contribution in [2.24, 2.45) is 0 Å². The zero-order valence-corrected chi connectivity index (χ0v) is 18.5. The van der Waals surface area contributed by atoms with Gasteiger partial charge in [-0.1, -0.05) is 0 Å². The molecule has 5 rings (SSSR count).